The van der Waals surface area contributed by atoms with Gasteiger partial charge in [-0.25, -0.2) is 14.3 Å². The molecule has 0 unspecified atom stereocenters. The first-order valence-electron chi connectivity index (χ1n) is 26.2. The summed E-state index contributed by atoms with van der Waals surface area (Å²) in [6.45, 7) is 12.8. The van der Waals surface area contributed by atoms with Gasteiger partial charge in [0.2, 0.25) is 5.91 Å². The van der Waals surface area contributed by atoms with Gasteiger partial charge in [-0.2, -0.15) is 0 Å². The number of methoxy groups -OCH3 is 1. The molecule has 1 saturated heterocycles. The summed E-state index contributed by atoms with van der Waals surface area (Å²) in [5.74, 6) is -8.38. The van der Waals surface area contributed by atoms with Gasteiger partial charge in [0.1, 0.15) is 23.5 Å². The van der Waals surface area contributed by atoms with Crippen molar-refractivity contribution in [2.45, 2.75) is 142 Å². The van der Waals surface area contributed by atoms with Gasteiger partial charge in [0.25, 0.3) is 11.7 Å². The second kappa shape index (κ2) is 37.0. The molecule has 3 amide bonds. The Balaban J connectivity index is 1.51. The zero-order valence-corrected chi connectivity index (χ0v) is 47.7. The SMILES string of the molecule is COC(=O)[C@@]1(OCCCCCCOCc2cn(CCOCCOCCOCCOCCNC(=O)OC(C)(C)C)nn2)C[C@H](OC(C)=O)[C@@H](NC(=O)COC(C)=O)[C@H]([C@H](OC(C)=O)[C@@H](CNC(=O)Cc2ccc(Cl)cc2)OC(C)=O)O1. The minimum Gasteiger partial charge on any atom is -0.465 e. The van der Waals surface area contributed by atoms with Crippen molar-refractivity contribution in [3.8, 4) is 0 Å². The molecule has 1 fully saturated rings. The minimum absolute atomic E-state index is 0.114. The van der Waals surface area contributed by atoms with E-state index in [1.165, 1.54) is 0 Å². The molecule has 1 aromatic heterocycles. The molecule has 1 aromatic carbocycles. The molecule has 0 bridgehead atoms. The molecule has 2 heterocycles. The summed E-state index contributed by atoms with van der Waals surface area (Å²) in [6.07, 6.45) is -3.65. The average molecular weight is 1160 g/mol. The molecule has 80 heavy (non-hydrogen) atoms. The monoisotopic (exact) mass is 1160 g/mol. The van der Waals surface area contributed by atoms with Crippen LogP contribution in [-0.4, -0.2) is 197 Å². The number of nitrogens with zero attached hydrogens (tertiary/aromatic N) is 3. The van der Waals surface area contributed by atoms with Crippen molar-refractivity contribution in [1.82, 2.24) is 30.9 Å². The van der Waals surface area contributed by atoms with Gasteiger partial charge < -0.3 is 77.5 Å². The molecule has 27 nitrogen and oxygen atoms in total. The molecule has 3 rings (SSSR count). The number of benzene rings is 1. The molecule has 1 aliphatic rings. The molecule has 0 saturated carbocycles. The number of hydrogen-bond donors (Lipinski definition) is 3. The summed E-state index contributed by atoms with van der Waals surface area (Å²) in [5, 5.41) is 16.6. The van der Waals surface area contributed by atoms with Crippen molar-refractivity contribution < 1.29 is 99.9 Å². The third-order valence-electron chi connectivity index (χ3n) is 11.0. The van der Waals surface area contributed by atoms with Crippen LogP contribution in [0.1, 0.15) is 91.8 Å². The number of nitrogens with one attached hydrogen (secondary N) is 3. The Bertz CT molecular complexity index is 2230. The number of rotatable bonds is 38. The lowest BCUT2D eigenvalue weighted by atomic mass is 9.87. The van der Waals surface area contributed by atoms with E-state index < -0.39 is 109 Å². The van der Waals surface area contributed by atoms with E-state index in [-0.39, 0.29) is 19.6 Å². The Hall–Kier alpha value is -6.07. The van der Waals surface area contributed by atoms with Gasteiger partial charge in [0, 0.05) is 45.9 Å². The number of aromatic nitrogens is 3. The molecule has 2 aromatic rings. The quantitative estimate of drug-likeness (QED) is 0.0494. The Kier molecular flexibility index (Phi) is 31.6. The molecule has 0 radical (unpaired) electrons. The van der Waals surface area contributed by atoms with Crippen LogP contribution in [0, 0.1) is 0 Å². The highest BCUT2D eigenvalue weighted by Crippen LogP contribution is 2.37. The fourth-order valence-corrected chi connectivity index (χ4v) is 7.77. The van der Waals surface area contributed by atoms with E-state index in [9.17, 15) is 38.4 Å². The van der Waals surface area contributed by atoms with Gasteiger partial charge in [-0.3, -0.25) is 28.8 Å². The lowest BCUT2D eigenvalue weighted by Gasteiger charge is -2.48. The van der Waals surface area contributed by atoms with Crippen molar-refractivity contribution in [2.24, 2.45) is 0 Å². The van der Waals surface area contributed by atoms with Crippen LogP contribution in [0.2, 0.25) is 5.02 Å². The van der Waals surface area contributed by atoms with Gasteiger partial charge >= 0.3 is 35.9 Å². The number of hydrogen-bond acceptors (Lipinski definition) is 23. The molecular formula is C52H79ClN6O21. The number of halogens is 1. The number of amides is 3. The fraction of sp³-hybridized carbons (Fsp3) is 0.692. The number of unbranched alkanes of at least 4 members (excludes halogenated alkanes) is 3. The summed E-state index contributed by atoms with van der Waals surface area (Å²) < 4.78 is 74.3. The summed E-state index contributed by atoms with van der Waals surface area (Å²) in [5.41, 5.74) is 0.673. The van der Waals surface area contributed by atoms with Gasteiger partial charge in [-0.1, -0.05) is 41.8 Å². The van der Waals surface area contributed by atoms with Gasteiger partial charge in [-0.05, 0) is 51.3 Å². The van der Waals surface area contributed by atoms with E-state index >= 15 is 0 Å². The van der Waals surface area contributed by atoms with E-state index in [0.717, 1.165) is 34.8 Å². The van der Waals surface area contributed by atoms with E-state index in [0.29, 0.717) is 115 Å². The van der Waals surface area contributed by atoms with Crippen molar-refractivity contribution >= 4 is 59.4 Å². The minimum atomic E-state index is -2.38. The normalized spacial score (nSPS) is 17.7. The molecule has 0 aliphatic carbocycles. The largest absolute Gasteiger partial charge is 0.465 e. The van der Waals surface area contributed by atoms with Crippen molar-refractivity contribution in [1.29, 1.82) is 0 Å². The fourth-order valence-electron chi connectivity index (χ4n) is 7.65. The third-order valence-corrected chi connectivity index (χ3v) is 11.3. The van der Waals surface area contributed by atoms with Crippen LogP contribution in [0.5, 0.6) is 0 Å². The molecule has 450 valence electrons. The lowest BCUT2D eigenvalue weighted by molar-refractivity contribution is -0.313. The maximum atomic E-state index is 13.9. The van der Waals surface area contributed by atoms with E-state index in [1.54, 1.807) is 55.9 Å². The molecule has 3 N–H and O–H groups in total. The van der Waals surface area contributed by atoms with E-state index in [1.807, 2.05) is 0 Å². The predicted molar refractivity (Wildman–Crippen MR) is 279 cm³/mol. The molecule has 6 atom stereocenters. The predicted octanol–water partition coefficient (Wildman–Crippen LogP) is 2.48. The van der Waals surface area contributed by atoms with Gasteiger partial charge in [0.15, 0.2) is 18.8 Å². The van der Waals surface area contributed by atoms with Crippen LogP contribution in [0.4, 0.5) is 4.79 Å². The molecule has 1 aliphatic heterocycles. The van der Waals surface area contributed by atoms with Crippen molar-refractivity contribution in [3.05, 3.63) is 46.7 Å². The highest BCUT2D eigenvalue weighted by molar-refractivity contribution is 6.30. The third kappa shape index (κ3) is 28.4. The zero-order valence-electron chi connectivity index (χ0n) is 46.9. The van der Waals surface area contributed by atoms with E-state index in [4.69, 9.17) is 73.2 Å². The number of carbonyl (C=O) groups is 8. The number of ether oxygens (including phenoxy) is 13. The van der Waals surface area contributed by atoms with Gasteiger partial charge in [0.05, 0.1) is 111 Å². The van der Waals surface area contributed by atoms with Crippen LogP contribution < -0.4 is 16.0 Å². The topological polar surface area (TPSA) is 323 Å². The maximum Gasteiger partial charge on any atom is 0.407 e. The van der Waals surface area contributed by atoms with Crippen LogP contribution >= 0.6 is 11.6 Å². The summed E-state index contributed by atoms with van der Waals surface area (Å²) in [7, 11) is 1.06. The zero-order chi connectivity index (χ0) is 58.9. The highest BCUT2D eigenvalue weighted by Gasteiger charge is 2.59. The smallest absolute Gasteiger partial charge is 0.407 e. The first kappa shape index (κ1) is 68.2. The van der Waals surface area contributed by atoms with Crippen LogP contribution in [0.3, 0.4) is 0 Å². The summed E-state index contributed by atoms with van der Waals surface area (Å²) in [4.78, 5) is 102. The summed E-state index contributed by atoms with van der Waals surface area (Å²) in [6, 6.07) is 4.98. The van der Waals surface area contributed by atoms with Gasteiger partial charge in [-0.15, -0.1) is 5.10 Å². The second-order valence-corrected chi connectivity index (χ2v) is 19.5. The van der Waals surface area contributed by atoms with Crippen molar-refractivity contribution in [2.75, 3.05) is 92.9 Å². The van der Waals surface area contributed by atoms with Crippen LogP contribution in [0.15, 0.2) is 30.5 Å². The molecular weight excluding hydrogens is 1080 g/mol. The number of carbonyl (C=O) groups excluding carboxylic acids is 8. The second-order valence-electron chi connectivity index (χ2n) is 19.0. The number of alkyl carbamates (subject to hydrolysis) is 1. The molecule has 0 spiro atoms. The number of esters is 5. The van der Waals surface area contributed by atoms with E-state index in [2.05, 4.69) is 26.3 Å². The van der Waals surface area contributed by atoms with Crippen molar-refractivity contribution in [3.63, 3.8) is 0 Å². The first-order valence-corrected chi connectivity index (χ1v) is 26.6. The Morgan fingerprint density at radius 3 is 1.98 bits per heavy atom. The Morgan fingerprint density at radius 1 is 0.750 bits per heavy atom. The first-order chi connectivity index (χ1) is 38.1. The summed E-state index contributed by atoms with van der Waals surface area (Å²) >= 11 is 6.00. The Labute approximate surface area is 470 Å². The highest BCUT2D eigenvalue weighted by atomic mass is 35.5. The Morgan fingerprint density at radius 2 is 1.38 bits per heavy atom. The van der Waals surface area contributed by atoms with Crippen LogP contribution in [0.25, 0.3) is 0 Å². The van der Waals surface area contributed by atoms with Crippen LogP contribution in [-0.2, 0) is 115 Å². The average Bonchev–Trinajstić information content (AvgIpc) is 3.84. The standard InChI is InChI=1S/C52H79ClN6O21/c1-35(60)74-34-45(65)56-46-42(76-36(2)61)30-52(49(66)68-8,79-48(46)47(78-38(4)63)43(77-37(3)62)31-55-44(64)29-39-13-15-40(53)16-14-39)75-20-12-10-9-11-19-73-33-41-32-59(58-57-41)18-22-70-24-26-72-28-27-71-25-23-69-21-17-54-50(67)80-51(5,6)7/h13-16,32,42-43,46-48H,9-12,17-31,33-34H2,1-8H3,(H,54,67)(H,55,64)(H,56,65)/t42-,43+,46+,47+,48+,52+/m0/s1. The molecule has 28 heteroatoms. The maximum absolute atomic E-state index is 13.9. The lowest BCUT2D eigenvalue weighted by Crippen LogP contribution is -2.70.